The van der Waals surface area contributed by atoms with E-state index in [0.29, 0.717) is 17.5 Å². The van der Waals surface area contributed by atoms with Gasteiger partial charge >= 0.3 is 0 Å². The van der Waals surface area contributed by atoms with Crippen LogP contribution in [0, 0.1) is 36.0 Å². The van der Waals surface area contributed by atoms with Crippen molar-refractivity contribution < 1.29 is 22.0 Å². The molecule has 3 aromatic rings. The molecule has 0 saturated heterocycles. The van der Waals surface area contributed by atoms with Crippen LogP contribution in [-0.2, 0) is 0 Å². The summed E-state index contributed by atoms with van der Waals surface area (Å²) in [4.78, 5) is 0. The summed E-state index contributed by atoms with van der Waals surface area (Å²) in [6, 6.07) is 6.91. The van der Waals surface area contributed by atoms with Crippen molar-refractivity contribution in [2.45, 2.75) is 6.92 Å². The Morgan fingerprint density at radius 3 is 1.95 bits per heavy atom. The van der Waals surface area contributed by atoms with Crippen molar-refractivity contribution in [1.29, 1.82) is 0 Å². The van der Waals surface area contributed by atoms with Gasteiger partial charge in [0.2, 0.25) is 0 Å². The van der Waals surface area contributed by atoms with Crippen molar-refractivity contribution in [3.63, 3.8) is 0 Å². The number of benzene rings is 3. The second kappa shape index (κ2) is 5.09. The lowest BCUT2D eigenvalue weighted by Crippen LogP contribution is -1.97. The SMILES string of the molecule is Cc1ccc2c(F)c(-c3cc(F)c(F)c(F)c3)c(F)cc2c1. The van der Waals surface area contributed by atoms with Crippen LogP contribution in [0.1, 0.15) is 5.56 Å². The zero-order valence-corrected chi connectivity index (χ0v) is 11.4. The molecule has 0 saturated carbocycles. The molecule has 0 N–H and O–H groups in total. The predicted octanol–water partition coefficient (Wildman–Crippen LogP) is 5.51. The summed E-state index contributed by atoms with van der Waals surface area (Å²) in [6.07, 6.45) is 0. The van der Waals surface area contributed by atoms with Gasteiger partial charge in [-0.3, -0.25) is 0 Å². The summed E-state index contributed by atoms with van der Waals surface area (Å²) in [5.41, 5.74) is -0.166. The number of rotatable bonds is 1. The fraction of sp³-hybridized carbons (Fsp3) is 0.0588. The fourth-order valence-electron chi connectivity index (χ4n) is 2.41. The highest BCUT2D eigenvalue weighted by Crippen LogP contribution is 2.33. The van der Waals surface area contributed by atoms with Crippen LogP contribution in [0.25, 0.3) is 21.9 Å². The summed E-state index contributed by atoms with van der Waals surface area (Å²) in [7, 11) is 0. The van der Waals surface area contributed by atoms with Crippen LogP contribution < -0.4 is 0 Å². The largest absolute Gasteiger partial charge is 0.206 e. The van der Waals surface area contributed by atoms with Crippen molar-refractivity contribution >= 4 is 10.8 Å². The maximum atomic E-state index is 14.5. The Labute approximate surface area is 122 Å². The standard InChI is InChI=1S/C17H9F5/c1-8-2-3-11-9(4-8)5-12(18)15(16(11)21)10-6-13(19)17(22)14(20)7-10/h2-7H,1H3. The van der Waals surface area contributed by atoms with Crippen LogP contribution in [-0.4, -0.2) is 0 Å². The van der Waals surface area contributed by atoms with E-state index in [4.69, 9.17) is 0 Å². The number of halogens is 5. The first-order valence-corrected chi connectivity index (χ1v) is 6.41. The lowest BCUT2D eigenvalue weighted by atomic mass is 9.98. The van der Waals surface area contributed by atoms with E-state index in [1.807, 2.05) is 0 Å². The fourth-order valence-corrected chi connectivity index (χ4v) is 2.41. The molecule has 0 heterocycles. The van der Waals surface area contributed by atoms with Crippen molar-refractivity contribution in [2.75, 3.05) is 0 Å². The van der Waals surface area contributed by atoms with Gasteiger partial charge in [0.05, 0.1) is 5.56 Å². The lowest BCUT2D eigenvalue weighted by molar-refractivity contribution is 0.447. The summed E-state index contributed by atoms with van der Waals surface area (Å²) >= 11 is 0. The lowest BCUT2D eigenvalue weighted by Gasteiger charge is -2.10. The Morgan fingerprint density at radius 1 is 0.682 bits per heavy atom. The zero-order valence-electron chi connectivity index (χ0n) is 11.4. The molecule has 0 aliphatic rings. The summed E-state index contributed by atoms with van der Waals surface area (Å²) < 4.78 is 68.3. The minimum absolute atomic E-state index is 0.118. The molecule has 3 aromatic carbocycles. The highest BCUT2D eigenvalue weighted by atomic mass is 19.2. The minimum atomic E-state index is -1.68. The van der Waals surface area contributed by atoms with E-state index < -0.39 is 40.2 Å². The number of hydrogen-bond donors (Lipinski definition) is 0. The van der Waals surface area contributed by atoms with E-state index >= 15 is 0 Å². The van der Waals surface area contributed by atoms with Crippen molar-refractivity contribution in [3.8, 4) is 11.1 Å². The molecule has 0 spiro atoms. The van der Waals surface area contributed by atoms with Crippen LogP contribution in [0.15, 0.2) is 36.4 Å². The summed E-state index contributed by atoms with van der Waals surface area (Å²) in [6.45, 7) is 1.77. The molecule has 3 rings (SSSR count). The van der Waals surface area contributed by atoms with Gasteiger partial charge in [-0.15, -0.1) is 0 Å². The van der Waals surface area contributed by atoms with Gasteiger partial charge in [-0.25, -0.2) is 22.0 Å². The maximum absolute atomic E-state index is 14.5. The highest BCUT2D eigenvalue weighted by Gasteiger charge is 2.19. The molecular weight excluding hydrogens is 299 g/mol. The smallest absolute Gasteiger partial charge is 0.194 e. The molecule has 5 heteroatoms. The first-order valence-electron chi connectivity index (χ1n) is 6.41. The van der Waals surface area contributed by atoms with E-state index in [1.54, 1.807) is 19.1 Å². The van der Waals surface area contributed by atoms with Gasteiger partial charge in [-0.05, 0) is 36.1 Å². The molecule has 0 aromatic heterocycles. The van der Waals surface area contributed by atoms with Crippen LogP contribution in [0.5, 0.6) is 0 Å². The summed E-state index contributed by atoms with van der Waals surface area (Å²) in [5, 5.41) is 0.453. The zero-order chi connectivity index (χ0) is 16.0. The molecule has 112 valence electrons. The molecule has 0 radical (unpaired) electrons. The van der Waals surface area contributed by atoms with Crippen molar-refractivity contribution in [2.24, 2.45) is 0 Å². The number of fused-ring (bicyclic) bond motifs is 1. The Hall–Kier alpha value is -2.43. The second-order valence-corrected chi connectivity index (χ2v) is 5.03. The first kappa shape index (κ1) is 14.5. The third-order valence-corrected chi connectivity index (χ3v) is 3.46. The quantitative estimate of drug-likeness (QED) is 0.411. The van der Waals surface area contributed by atoms with Gasteiger partial charge in [0.25, 0.3) is 0 Å². The van der Waals surface area contributed by atoms with Crippen molar-refractivity contribution in [3.05, 3.63) is 71.0 Å². The van der Waals surface area contributed by atoms with Crippen LogP contribution in [0.3, 0.4) is 0 Å². The average Bonchev–Trinajstić information content (AvgIpc) is 2.44. The van der Waals surface area contributed by atoms with Gasteiger partial charge in [-0.1, -0.05) is 23.8 Å². The normalized spacial score (nSPS) is 11.2. The molecule has 22 heavy (non-hydrogen) atoms. The highest BCUT2D eigenvalue weighted by molar-refractivity contribution is 5.89. The van der Waals surface area contributed by atoms with E-state index in [0.717, 1.165) is 11.6 Å². The Bertz CT molecular complexity index is 876. The third kappa shape index (κ3) is 2.22. The maximum Gasteiger partial charge on any atom is 0.194 e. The molecule has 0 nitrogen and oxygen atoms in total. The Balaban J connectivity index is 2.34. The topological polar surface area (TPSA) is 0 Å². The van der Waals surface area contributed by atoms with Gasteiger partial charge in [0, 0.05) is 5.39 Å². The van der Waals surface area contributed by atoms with E-state index in [-0.39, 0.29) is 5.39 Å². The molecule has 0 fully saturated rings. The molecule has 0 amide bonds. The molecule has 0 aliphatic heterocycles. The van der Waals surface area contributed by atoms with Gasteiger partial charge in [-0.2, -0.15) is 0 Å². The van der Waals surface area contributed by atoms with Crippen LogP contribution in [0.4, 0.5) is 22.0 Å². The third-order valence-electron chi connectivity index (χ3n) is 3.46. The Kier molecular flexibility index (Phi) is 3.35. The van der Waals surface area contributed by atoms with Gasteiger partial charge < -0.3 is 0 Å². The number of hydrogen-bond acceptors (Lipinski definition) is 0. The van der Waals surface area contributed by atoms with Crippen molar-refractivity contribution in [1.82, 2.24) is 0 Å². The van der Waals surface area contributed by atoms with Crippen LogP contribution in [0.2, 0.25) is 0 Å². The van der Waals surface area contributed by atoms with E-state index in [9.17, 15) is 22.0 Å². The molecule has 0 unspecified atom stereocenters. The molecule has 0 atom stereocenters. The predicted molar refractivity (Wildman–Crippen MR) is 73.9 cm³/mol. The monoisotopic (exact) mass is 308 g/mol. The second-order valence-electron chi connectivity index (χ2n) is 5.03. The Morgan fingerprint density at radius 2 is 1.32 bits per heavy atom. The molecular formula is C17H9F5. The van der Waals surface area contributed by atoms with E-state index in [1.165, 1.54) is 6.07 Å². The minimum Gasteiger partial charge on any atom is -0.206 e. The first-order chi connectivity index (χ1) is 10.4. The molecule has 0 aliphatic carbocycles. The van der Waals surface area contributed by atoms with Crippen LogP contribution >= 0.6 is 0 Å². The average molecular weight is 308 g/mol. The number of aryl methyl sites for hydroxylation is 1. The molecule has 0 bridgehead atoms. The van der Waals surface area contributed by atoms with Gasteiger partial charge in [0.1, 0.15) is 11.6 Å². The van der Waals surface area contributed by atoms with Gasteiger partial charge in [0.15, 0.2) is 17.5 Å². The summed E-state index contributed by atoms with van der Waals surface area (Å²) in [5.74, 6) is -6.60. The van der Waals surface area contributed by atoms with E-state index in [2.05, 4.69) is 0 Å².